The second kappa shape index (κ2) is 5.68. The Kier molecular flexibility index (Phi) is 4.76. The Morgan fingerprint density at radius 3 is 2.00 bits per heavy atom. The molecule has 0 saturated heterocycles. The minimum Gasteiger partial charge on any atom is -0.313 e. The molecule has 0 heterocycles. The summed E-state index contributed by atoms with van der Waals surface area (Å²) in [4.78, 5) is 0. The highest BCUT2D eigenvalue weighted by molar-refractivity contribution is 5.37. The van der Waals surface area contributed by atoms with Crippen LogP contribution in [0.4, 0.5) is 0 Å². The summed E-state index contributed by atoms with van der Waals surface area (Å²) >= 11 is 0. The van der Waals surface area contributed by atoms with Crippen molar-refractivity contribution in [3.05, 3.63) is 34.4 Å². The van der Waals surface area contributed by atoms with Crippen molar-refractivity contribution in [1.29, 1.82) is 0 Å². The van der Waals surface area contributed by atoms with Gasteiger partial charge in [-0.1, -0.05) is 38.5 Å². The fourth-order valence-electron chi connectivity index (χ4n) is 2.17. The fourth-order valence-corrected chi connectivity index (χ4v) is 2.17. The first kappa shape index (κ1) is 14.2. The van der Waals surface area contributed by atoms with Crippen LogP contribution in [0.1, 0.15) is 49.4 Å². The second-order valence-electron chi connectivity index (χ2n) is 6.36. The standard InChI is InChI=1S/C16H27N/c1-12-9-13(2)15(14(3)10-12)11-17-8-7-16(4,5)6/h9-10,17H,7-8,11H2,1-6H3. The molecular weight excluding hydrogens is 206 g/mol. The minimum absolute atomic E-state index is 0.421. The summed E-state index contributed by atoms with van der Waals surface area (Å²) in [6.45, 7) is 15.5. The summed E-state index contributed by atoms with van der Waals surface area (Å²) in [7, 11) is 0. The van der Waals surface area contributed by atoms with E-state index in [0.717, 1.165) is 13.1 Å². The smallest absolute Gasteiger partial charge is 0.0210 e. The van der Waals surface area contributed by atoms with E-state index in [-0.39, 0.29) is 0 Å². The predicted octanol–water partition coefficient (Wildman–Crippen LogP) is 4.14. The van der Waals surface area contributed by atoms with Gasteiger partial charge in [0.25, 0.3) is 0 Å². The van der Waals surface area contributed by atoms with Gasteiger partial charge in [0.1, 0.15) is 0 Å². The first-order valence-electron chi connectivity index (χ1n) is 6.57. The van der Waals surface area contributed by atoms with Crippen LogP contribution in [0.25, 0.3) is 0 Å². The topological polar surface area (TPSA) is 12.0 Å². The van der Waals surface area contributed by atoms with E-state index >= 15 is 0 Å². The zero-order valence-corrected chi connectivity index (χ0v) is 12.3. The van der Waals surface area contributed by atoms with Gasteiger partial charge in [0.2, 0.25) is 0 Å². The van der Waals surface area contributed by atoms with Crippen LogP contribution in [0.3, 0.4) is 0 Å². The van der Waals surface area contributed by atoms with Gasteiger partial charge in [0, 0.05) is 6.54 Å². The third kappa shape index (κ3) is 4.91. The van der Waals surface area contributed by atoms with Gasteiger partial charge in [-0.3, -0.25) is 0 Å². The molecule has 17 heavy (non-hydrogen) atoms. The van der Waals surface area contributed by atoms with Crippen molar-refractivity contribution in [1.82, 2.24) is 5.32 Å². The van der Waals surface area contributed by atoms with E-state index in [1.807, 2.05) is 0 Å². The monoisotopic (exact) mass is 233 g/mol. The van der Waals surface area contributed by atoms with E-state index in [9.17, 15) is 0 Å². The van der Waals surface area contributed by atoms with E-state index < -0.39 is 0 Å². The molecule has 0 aliphatic carbocycles. The van der Waals surface area contributed by atoms with Crippen molar-refractivity contribution in [3.63, 3.8) is 0 Å². The van der Waals surface area contributed by atoms with Gasteiger partial charge in [0.15, 0.2) is 0 Å². The molecule has 96 valence electrons. The average Bonchev–Trinajstić information content (AvgIpc) is 2.13. The Hall–Kier alpha value is -0.820. The molecule has 0 aliphatic rings. The van der Waals surface area contributed by atoms with Gasteiger partial charge < -0.3 is 5.32 Å². The summed E-state index contributed by atoms with van der Waals surface area (Å²) in [6, 6.07) is 4.54. The predicted molar refractivity (Wildman–Crippen MR) is 76.4 cm³/mol. The summed E-state index contributed by atoms with van der Waals surface area (Å²) in [5.41, 5.74) is 6.06. The number of benzene rings is 1. The third-order valence-corrected chi connectivity index (χ3v) is 3.19. The van der Waals surface area contributed by atoms with E-state index in [1.165, 1.54) is 28.7 Å². The third-order valence-electron chi connectivity index (χ3n) is 3.19. The lowest BCUT2D eigenvalue weighted by Gasteiger charge is -2.19. The largest absolute Gasteiger partial charge is 0.313 e. The quantitative estimate of drug-likeness (QED) is 0.771. The summed E-state index contributed by atoms with van der Waals surface area (Å²) in [5.74, 6) is 0. The van der Waals surface area contributed by atoms with Crippen LogP contribution in [0.15, 0.2) is 12.1 Å². The van der Waals surface area contributed by atoms with E-state index in [1.54, 1.807) is 0 Å². The lowest BCUT2D eigenvalue weighted by Crippen LogP contribution is -2.21. The summed E-state index contributed by atoms with van der Waals surface area (Å²) < 4.78 is 0. The van der Waals surface area contributed by atoms with Crippen LogP contribution >= 0.6 is 0 Å². The number of nitrogens with one attached hydrogen (secondary N) is 1. The Morgan fingerprint density at radius 2 is 1.53 bits per heavy atom. The zero-order valence-electron chi connectivity index (χ0n) is 12.3. The van der Waals surface area contributed by atoms with Gasteiger partial charge in [-0.2, -0.15) is 0 Å². The van der Waals surface area contributed by atoms with Crippen LogP contribution in [0.5, 0.6) is 0 Å². The van der Waals surface area contributed by atoms with Crippen molar-refractivity contribution in [2.75, 3.05) is 6.54 Å². The molecule has 1 nitrogen and oxygen atoms in total. The van der Waals surface area contributed by atoms with E-state index in [4.69, 9.17) is 0 Å². The van der Waals surface area contributed by atoms with E-state index in [2.05, 4.69) is 59.0 Å². The average molecular weight is 233 g/mol. The molecular formula is C16H27N. The van der Waals surface area contributed by atoms with Gasteiger partial charge in [0.05, 0.1) is 0 Å². The molecule has 1 N–H and O–H groups in total. The molecule has 0 aromatic heterocycles. The first-order valence-corrected chi connectivity index (χ1v) is 6.57. The highest BCUT2D eigenvalue weighted by Crippen LogP contribution is 2.18. The highest BCUT2D eigenvalue weighted by atomic mass is 14.8. The maximum absolute atomic E-state index is 3.56. The summed E-state index contributed by atoms with van der Waals surface area (Å²) in [6.07, 6.45) is 1.22. The zero-order chi connectivity index (χ0) is 13.1. The SMILES string of the molecule is Cc1cc(C)c(CNCCC(C)(C)C)c(C)c1. The lowest BCUT2D eigenvalue weighted by atomic mass is 9.92. The van der Waals surface area contributed by atoms with Gasteiger partial charge in [-0.15, -0.1) is 0 Å². The maximum atomic E-state index is 3.56. The minimum atomic E-state index is 0.421. The van der Waals surface area contributed by atoms with Gasteiger partial charge in [-0.25, -0.2) is 0 Å². The molecule has 0 amide bonds. The molecule has 0 spiro atoms. The molecule has 1 heteroatoms. The Labute approximate surface area is 107 Å². The number of hydrogen-bond donors (Lipinski definition) is 1. The van der Waals surface area contributed by atoms with Crippen LogP contribution in [0.2, 0.25) is 0 Å². The second-order valence-corrected chi connectivity index (χ2v) is 6.36. The van der Waals surface area contributed by atoms with Crippen molar-refractivity contribution in [2.45, 2.75) is 54.5 Å². The van der Waals surface area contributed by atoms with Crippen LogP contribution in [-0.2, 0) is 6.54 Å². The summed E-state index contributed by atoms with van der Waals surface area (Å²) in [5, 5.41) is 3.56. The molecule has 0 atom stereocenters. The number of hydrogen-bond acceptors (Lipinski definition) is 1. The van der Waals surface area contributed by atoms with Crippen LogP contribution in [-0.4, -0.2) is 6.54 Å². The van der Waals surface area contributed by atoms with Crippen molar-refractivity contribution in [3.8, 4) is 0 Å². The van der Waals surface area contributed by atoms with Gasteiger partial charge in [-0.05, 0) is 55.8 Å². The number of aryl methyl sites for hydroxylation is 3. The maximum Gasteiger partial charge on any atom is 0.0210 e. The Morgan fingerprint density at radius 1 is 1.00 bits per heavy atom. The Bertz CT molecular complexity index is 349. The van der Waals surface area contributed by atoms with E-state index in [0.29, 0.717) is 5.41 Å². The molecule has 0 unspecified atom stereocenters. The normalized spacial score (nSPS) is 11.9. The molecule has 0 radical (unpaired) electrons. The molecule has 1 rings (SSSR count). The molecule has 0 aliphatic heterocycles. The molecule has 0 saturated carbocycles. The lowest BCUT2D eigenvalue weighted by molar-refractivity contribution is 0.366. The Balaban J connectivity index is 2.53. The van der Waals surface area contributed by atoms with Crippen molar-refractivity contribution < 1.29 is 0 Å². The molecule has 1 aromatic rings. The van der Waals surface area contributed by atoms with Crippen LogP contribution < -0.4 is 5.32 Å². The highest BCUT2D eigenvalue weighted by Gasteiger charge is 2.09. The van der Waals surface area contributed by atoms with Gasteiger partial charge >= 0.3 is 0 Å². The van der Waals surface area contributed by atoms with Crippen molar-refractivity contribution in [2.24, 2.45) is 5.41 Å². The van der Waals surface area contributed by atoms with Crippen LogP contribution in [0, 0.1) is 26.2 Å². The van der Waals surface area contributed by atoms with Crippen molar-refractivity contribution >= 4 is 0 Å². The first-order chi connectivity index (χ1) is 7.79. The molecule has 0 fully saturated rings. The number of rotatable bonds is 4. The fraction of sp³-hybridized carbons (Fsp3) is 0.625. The molecule has 0 bridgehead atoms. The molecule has 1 aromatic carbocycles.